The summed E-state index contributed by atoms with van der Waals surface area (Å²) in [4.78, 5) is 38.5. The summed E-state index contributed by atoms with van der Waals surface area (Å²) in [7, 11) is -3.91. The largest absolute Gasteiger partial charge is 0.360 e. The van der Waals surface area contributed by atoms with E-state index in [9.17, 15) is 22.8 Å². The Morgan fingerprint density at radius 3 is 2.58 bits per heavy atom. The molecule has 2 N–H and O–H groups in total. The molecule has 2 unspecified atom stereocenters. The van der Waals surface area contributed by atoms with E-state index in [2.05, 4.69) is 15.9 Å². The highest BCUT2D eigenvalue weighted by atomic mass is 32.2. The van der Waals surface area contributed by atoms with Crippen LogP contribution in [0.5, 0.6) is 0 Å². The summed E-state index contributed by atoms with van der Waals surface area (Å²) in [5.74, 6) is -1.78. The highest BCUT2D eigenvalue weighted by Gasteiger charge is 2.50. The van der Waals surface area contributed by atoms with Gasteiger partial charge in [-0.2, -0.15) is 9.31 Å². The number of benzene rings is 1. The van der Waals surface area contributed by atoms with Gasteiger partial charge in [0.1, 0.15) is 16.1 Å². The van der Waals surface area contributed by atoms with Gasteiger partial charge >= 0.3 is 6.03 Å². The van der Waals surface area contributed by atoms with Crippen molar-refractivity contribution in [3.8, 4) is 0 Å². The summed E-state index contributed by atoms with van der Waals surface area (Å²) < 4.78 is 32.4. The van der Waals surface area contributed by atoms with Crippen LogP contribution in [0.3, 0.4) is 0 Å². The van der Waals surface area contributed by atoms with E-state index in [0.29, 0.717) is 23.4 Å². The summed E-state index contributed by atoms with van der Waals surface area (Å²) in [5.41, 5.74) is 1.89. The number of carbonyl (C=O) groups is 3. The van der Waals surface area contributed by atoms with E-state index in [1.165, 1.54) is 11.2 Å². The summed E-state index contributed by atoms with van der Waals surface area (Å²) in [6.07, 6.45) is 0.863. The number of nitrogens with one attached hydrogen (secondary N) is 2. The zero-order chi connectivity index (χ0) is 24.0. The van der Waals surface area contributed by atoms with Gasteiger partial charge in [0.25, 0.3) is 5.91 Å². The fourth-order valence-corrected chi connectivity index (χ4v) is 6.07. The van der Waals surface area contributed by atoms with Crippen LogP contribution < -0.4 is 10.7 Å². The Morgan fingerprint density at radius 2 is 1.94 bits per heavy atom. The number of hydrazine groups is 1. The van der Waals surface area contributed by atoms with Gasteiger partial charge in [0.15, 0.2) is 5.76 Å². The van der Waals surface area contributed by atoms with Crippen molar-refractivity contribution in [2.24, 2.45) is 5.92 Å². The van der Waals surface area contributed by atoms with Crippen molar-refractivity contribution < 1.29 is 27.3 Å². The van der Waals surface area contributed by atoms with Gasteiger partial charge in [0.05, 0.1) is 5.92 Å². The first kappa shape index (κ1) is 22.9. The third-order valence-electron chi connectivity index (χ3n) is 6.08. The molecule has 0 radical (unpaired) electrons. The predicted octanol–water partition coefficient (Wildman–Crippen LogP) is 1.19. The fourth-order valence-electron chi connectivity index (χ4n) is 4.26. The van der Waals surface area contributed by atoms with E-state index < -0.39 is 39.3 Å². The van der Waals surface area contributed by atoms with E-state index in [4.69, 9.17) is 4.52 Å². The third kappa shape index (κ3) is 3.89. The number of imide groups is 1. The summed E-state index contributed by atoms with van der Waals surface area (Å²) in [5, 5.41) is 6.99. The second kappa shape index (κ2) is 8.27. The molecule has 0 aliphatic carbocycles. The molecule has 2 fully saturated rings. The molecule has 2 atom stereocenters. The number of piperidine rings is 1. The molecule has 1 aromatic carbocycles. The minimum atomic E-state index is -3.91. The first-order chi connectivity index (χ1) is 15.6. The Kier molecular flexibility index (Phi) is 5.74. The lowest BCUT2D eigenvalue weighted by molar-refractivity contribution is -0.141. The summed E-state index contributed by atoms with van der Waals surface area (Å²) in [6, 6.07) is 7.95. The Labute approximate surface area is 191 Å². The molecule has 2 aromatic rings. The quantitative estimate of drug-likeness (QED) is 0.619. The van der Waals surface area contributed by atoms with Crippen molar-refractivity contribution in [1.29, 1.82) is 0 Å². The van der Waals surface area contributed by atoms with Crippen molar-refractivity contribution >= 4 is 27.9 Å². The third-order valence-corrected chi connectivity index (χ3v) is 8.19. The van der Waals surface area contributed by atoms with Gasteiger partial charge in [-0.05, 0) is 39.2 Å². The Hall–Kier alpha value is -3.25. The second-order valence-corrected chi connectivity index (χ2v) is 10.3. The van der Waals surface area contributed by atoms with Crippen molar-refractivity contribution in [2.75, 3.05) is 13.1 Å². The zero-order valence-corrected chi connectivity index (χ0v) is 19.3. The van der Waals surface area contributed by atoms with Crippen molar-refractivity contribution in [2.45, 2.75) is 44.0 Å². The van der Waals surface area contributed by atoms with Crippen LogP contribution in [0.2, 0.25) is 0 Å². The average molecular weight is 476 g/mol. The molecule has 0 bridgehead atoms. The maximum Gasteiger partial charge on any atom is 0.344 e. The molecule has 4 amide bonds. The predicted molar refractivity (Wildman–Crippen MR) is 115 cm³/mol. The highest BCUT2D eigenvalue weighted by Crippen LogP contribution is 2.30. The molecular weight excluding hydrogens is 450 g/mol. The molecule has 0 spiro atoms. The molecule has 2 aliphatic rings. The molecular formula is C21H25N5O6S. The van der Waals surface area contributed by atoms with E-state index in [1.807, 2.05) is 0 Å². The van der Waals surface area contributed by atoms with Crippen molar-refractivity contribution in [3.63, 3.8) is 0 Å². The number of rotatable bonds is 5. The minimum Gasteiger partial charge on any atom is -0.360 e. The molecule has 1 aromatic heterocycles. The summed E-state index contributed by atoms with van der Waals surface area (Å²) in [6.45, 7) is 4.78. The van der Waals surface area contributed by atoms with Crippen LogP contribution in [-0.2, 0) is 25.2 Å². The molecule has 2 saturated heterocycles. The number of hydrogen-bond donors (Lipinski definition) is 2. The lowest BCUT2D eigenvalue weighted by Crippen LogP contribution is -2.52. The fraction of sp³-hybridized carbons (Fsp3) is 0.429. The van der Waals surface area contributed by atoms with Gasteiger partial charge in [0.2, 0.25) is 15.9 Å². The minimum absolute atomic E-state index is 0.00344. The van der Waals surface area contributed by atoms with Crippen molar-refractivity contribution in [3.05, 3.63) is 47.3 Å². The molecule has 2 aliphatic heterocycles. The Balaban J connectivity index is 1.49. The van der Waals surface area contributed by atoms with Crippen LogP contribution in [0.4, 0.5) is 4.79 Å². The number of amides is 4. The van der Waals surface area contributed by atoms with E-state index in [-0.39, 0.29) is 29.4 Å². The van der Waals surface area contributed by atoms with Gasteiger partial charge in [-0.15, -0.1) is 0 Å². The van der Waals surface area contributed by atoms with Gasteiger partial charge in [-0.3, -0.25) is 15.0 Å². The average Bonchev–Trinajstić information content (AvgIpc) is 3.25. The van der Waals surface area contributed by atoms with Crippen LogP contribution in [0.1, 0.15) is 36.8 Å². The number of carbonyl (C=O) groups excluding carboxylic acids is 3. The van der Waals surface area contributed by atoms with Crippen LogP contribution in [0.15, 0.2) is 39.8 Å². The molecule has 33 heavy (non-hydrogen) atoms. The van der Waals surface area contributed by atoms with E-state index >= 15 is 0 Å². The number of aromatic nitrogens is 1. The topological polar surface area (TPSA) is 142 Å². The van der Waals surface area contributed by atoms with Crippen molar-refractivity contribution in [1.82, 2.24) is 25.2 Å². The summed E-state index contributed by atoms with van der Waals surface area (Å²) >= 11 is 0. The number of nitrogens with zero attached hydrogens (tertiary/aromatic N) is 3. The second-order valence-electron chi connectivity index (χ2n) is 8.39. The number of hydrogen-bond acceptors (Lipinski definition) is 7. The number of aryl methyl sites for hydroxylation is 2. The maximum absolute atomic E-state index is 13.1. The molecule has 11 nitrogen and oxygen atoms in total. The first-order valence-electron chi connectivity index (χ1n) is 10.5. The lowest BCUT2D eigenvalue weighted by atomic mass is 9.92. The molecule has 4 rings (SSSR count). The lowest BCUT2D eigenvalue weighted by Gasteiger charge is -2.31. The SMILES string of the molecule is Cc1noc(C)c1S(=O)(=O)N1CCCC(C(=O)NN2C(=O)NC(C)(c3ccccc3)C2=O)C1. The number of urea groups is 1. The first-order valence-corrected chi connectivity index (χ1v) is 12.0. The monoisotopic (exact) mass is 475 g/mol. The maximum atomic E-state index is 13.1. The normalized spacial score (nSPS) is 24.1. The zero-order valence-electron chi connectivity index (χ0n) is 18.5. The smallest absolute Gasteiger partial charge is 0.344 e. The molecule has 3 heterocycles. The van der Waals surface area contributed by atoms with E-state index in [0.717, 1.165) is 0 Å². The van der Waals surface area contributed by atoms with E-state index in [1.54, 1.807) is 44.2 Å². The molecule has 12 heteroatoms. The van der Waals surface area contributed by atoms with Gasteiger partial charge in [0, 0.05) is 13.1 Å². The van der Waals surface area contributed by atoms with Gasteiger partial charge in [-0.25, -0.2) is 13.2 Å². The molecule has 176 valence electrons. The van der Waals surface area contributed by atoms with Crippen LogP contribution in [0.25, 0.3) is 0 Å². The number of sulfonamides is 1. The Bertz CT molecular complexity index is 1190. The highest BCUT2D eigenvalue weighted by molar-refractivity contribution is 7.89. The molecule has 0 saturated carbocycles. The van der Waals surface area contributed by atoms with Gasteiger partial charge in [-0.1, -0.05) is 35.5 Å². The van der Waals surface area contributed by atoms with Crippen LogP contribution >= 0.6 is 0 Å². The van der Waals surface area contributed by atoms with Crippen LogP contribution in [-0.4, -0.2) is 53.8 Å². The standard InChI is InChI=1S/C21H25N5O6S/c1-13-17(14(2)32-24-13)33(30,31)25-11-7-8-15(12-25)18(27)23-26-19(28)21(3,22-20(26)29)16-9-5-4-6-10-16/h4-6,9-10,15H,7-8,11-12H2,1-3H3,(H,22,29)(H,23,27). The Morgan fingerprint density at radius 1 is 1.24 bits per heavy atom. The van der Waals surface area contributed by atoms with Crippen LogP contribution in [0, 0.1) is 19.8 Å². The van der Waals surface area contributed by atoms with Gasteiger partial charge < -0.3 is 9.84 Å².